The molecule has 4 nitrogen and oxygen atoms in total. The smallest absolute Gasteiger partial charge is 0.172 e. The molecule has 1 aliphatic rings. The van der Waals surface area contributed by atoms with Crippen molar-refractivity contribution in [1.82, 2.24) is 4.98 Å². The van der Waals surface area contributed by atoms with Gasteiger partial charge in [-0.15, -0.1) is 0 Å². The molecule has 0 aromatic carbocycles. The lowest BCUT2D eigenvalue weighted by atomic mass is 9.77. The van der Waals surface area contributed by atoms with Gasteiger partial charge in [-0.2, -0.15) is 5.26 Å². The van der Waals surface area contributed by atoms with Gasteiger partial charge in [0.25, 0.3) is 0 Å². The molecular formula is C14H16N2O2. The molecule has 94 valence electrons. The summed E-state index contributed by atoms with van der Waals surface area (Å²) in [5.41, 5.74) is 1.14. The molecule has 0 fully saturated rings. The van der Waals surface area contributed by atoms with Crippen LogP contribution in [-0.2, 0) is 11.2 Å². The van der Waals surface area contributed by atoms with E-state index in [0.717, 1.165) is 12.0 Å². The van der Waals surface area contributed by atoms with Crippen LogP contribution < -0.4 is 0 Å². The number of carbonyl (C=O) groups excluding carboxylic acids is 1. The first kappa shape index (κ1) is 12.7. The third-order valence-corrected chi connectivity index (χ3v) is 3.59. The van der Waals surface area contributed by atoms with Crippen LogP contribution in [0.2, 0.25) is 0 Å². The molecule has 1 unspecified atom stereocenters. The molecule has 1 aliphatic carbocycles. The number of nitriles is 1. The van der Waals surface area contributed by atoms with Crippen molar-refractivity contribution < 1.29 is 9.53 Å². The fourth-order valence-electron chi connectivity index (χ4n) is 2.65. The summed E-state index contributed by atoms with van der Waals surface area (Å²) < 4.78 is 5.03. The number of rotatable bonds is 5. The van der Waals surface area contributed by atoms with Gasteiger partial charge in [-0.3, -0.25) is 9.78 Å². The zero-order chi connectivity index (χ0) is 13.0. The number of pyridine rings is 1. The maximum atomic E-state index is 12.5. The first-order valence-corrected chi connectivity index (χ1v) is 6.07. The van der Waals surface area contributed by atoms with E-state index >= 15 is 0 Å². The zero-order valence-corrected chi connectivity index (χ0v) is 10.5. The minimum atomic E-state index is -0.557. The second-order valence-corrected chi connectivity index (χ2v) is 4.75. The molecule has 18 heavy (non-hydrogen) atoms. The Bertz CT molecular complexity index is 493. The molecule has 0 amide bonds. The molecule has 0 saturated carbocycles. The van der Waals surface area contributed by atoms with Gasteiger partial charge < -0.3 is 4.74 Å². The maximum absolute atomic E-state index is 12.5. The Balaban J connectivity index is 2.24. The number of Topliss-reactive ketones (excluding diaryl/α,β-unsaturated/α-hetero) is 1. The molecule has 0 saturated heterocycles. The van der Waals surface area contributed by atoms with E-state index in [-0.39, 0.29) is 12.2 Å². The molecule has 1 atom stereocenters. The van der Waals surface area contributed by atoms with E-state index < -0.39 is 5.41 Å². The molecule has 1 aromatic heterocycles. The summed E-state index contributed by atoms with van der Waals surface area (Å²) in [5.74, 6) is 0.0725. The van der Waals surface area contributed by atoms with Crippen LogP contribution in [-0.4, -0.2) is 24.5 Å². The highest BCUT2D eigenvalue weighted by atomic mass is 16.5. The summed E-state index contributed by atoms with van der Waals surface area (Å²) >= 11 is 0. The minimum Gasteiger partial charge on any atom is -0.385 e. The number of aromatic nitrogens is 1. The first-order chi connectivity index (χ1) is 8.73. The molecule has 0 N–H and O–H groups in total. The molecule has 0 bridgehead atoms. The summed E-state index contributed by atoms with van der Waals surface area (Å²) in [7, 11) is 1.64. The zero-order valence-electron chi connectivity index (χ0n) is 10.5. The van der Waals surface area contributed by atoms with Gasteiger partial charge >= 0.3 is 0 Å². The molecule has 0 spiro atoms. The molecule has 2 rings (SSSR count). The van der Waals surface area contributed by atoms with Gasteiger partial charge in [0, 0.05) is 38.1 Å². The summed E-state index contributed by atoms with van der Waals surface area (Å²) in [6.07, 6.45) is 5.73. The number of hydrogen-bond donors (Lipinski definition) is 0. The van der Waals surface area contributed by atoms with Crippen LogP contribution in [0.1, 0.15) is 35.2 Å². The molecule has 0 radical (unpaired) electrons. The van der Waals surface area contributed by atoms with Crippen molar-refractivity contribution in [2.45, 2.75) is 25.7 Å². The third-order valence-electron chi connectivity index (χ3n) is 3.59. The SMILES string of the molecule is COCCCC1(CC#N)Cc2ccncc2C1=O. The molecule has 4 heteroatoms. The normalized spacial score (nSPS) is 21.7. The summed E-state index contributed by atoms with van der Waals surface area (Å²) in [6.45, 7) is 0.620. The van der Waals surface area contributed by atoms with Gasteiger partial charge in [-0.05, 0) is 30.9 Å². The average Bonchev–Trinajstić information content (AvgIpc) is 2.65. The fourth-order valence-corrected chi connectivity index (χ4v) is 2.65. The summed E-state index contributed by atoms with van der Waals surface area (Å²) in [5, 5.41) is 9.00. The van der Waals surface area contributed by atoms with E-state index in [1.807, 2.05) is 6.07 Å². The topological polar surface area (TPSA) is 63.0 Å². The lowest BCUT2D eigenvalue weighted by Crippen LogP contribution is -2.28. The molecule has 1 aromatic rings. The number of hydrogen-bond acceptors (Lipinski definition) is 4. The van der Waals surface area contributed by atoms with Gasteiger partial charge in [0.15, 0.2) is 5.78 Å². The Morgan fingerprint density at radius 1 is 1.61 bits per heavy atom. The summed E-state index contributed by atoms with van der Waals surface area (Å²) in [6, 6.07) is 4.04. The number of carbonyl (C=O) groups is 1. The quantitative estimate of drug-likeness (QED) is 0.744. The molecule has 1 heterocycles. The van der Waals surface area contributed by atoms with Crippen LogP contribution in [0.25, 0.3) is 0 Å². The van der Waals surface area contributed by atoms with Crippen molar-refractivity contribution in [3.05, 3.63) is 29.6 Å². The first-order valence-electron chi connectivity index (χ1n) is 6.07. The third kappa shape index (κ3) is 2.14. The van der Waals surface area contributed by atoms with Gasteiger partial charge in [0.2, 0.25) is 0 Å². The van der Waals surface area contributed by atoms with Gasteiger partial charge in [-0.1, -0.05) is 0 Å². The van der Waals surface area contributed by atoms with Crippen LogP contribution in [0.5, 0.6) is 0 Å². The van der Waals surface area contributed by atoms with Crippen LogP contribution in [0, 0.1) is 16.7 Å². The minimum absolute atomic E-state index is 0.0725. The van der Waals surface area contributed by atoms with Crippen LogP contribution in [0.3, 0.4) is 0 Å². The average molecular weight is 244 g/mol. The second-order valence-electron chi connectivity index (χ2n) is 4.75. The van der Waals surface area contributed by atoms with Gasteiger partial charge in [0.05, 0.1) is 11.5 Å². The number of nitrogens with zero attached hydrogens (tertiary/aromatic N) is 2. The van der Waals surface area contributed by atoms with Gasteiger partial charge in [-0.25, -0.2) is 0 Å². The standard InChI is InChI=1S/C14H16N2O2/c1-18-8-2-4-14(5-6-15)9-11-3-7-16-10-12(11)13(14)17/h3,7,10H,2,4-5,8-9H2,1H3. The number of ketones is 1. The highest BCUT2D eigenvalue weighted by Gasteiger charge is 2.44. The highest BCUT2D eigenvalue weighted by molar-refractivity contribution is 6.04. The molecule has 0 aliphatic heterocycles. The number of methoxy groups -OCH3 is 1. The van der Waals surface area contributed by atoms with E-state index in [9.17, 15) is 4.79 Å². The number of fused-ring (bicyclic) bond motifs is 1. The van der Waals surface area contributed by atoms with Gasteiger partial charge in [0.1, 0.15) is 0 Å². The van der Waals surface area contributed by atoms with Crippen molar-refractivity contribution >= 4 is 5.78 Å². The van der Waals surface area contributed by atoms with Crippen molar-refractivity contribution in [3.8, 4) is 6.07 Å². The van der Waals surface area contributed by atoms with E-state index in [1.54, 1.807) is 19.5 Å². The lowest BCUT2D eigenvalue weighted by Gasteiger charge is -2.24. The van der Waals surface area contributed by atoms with Crippen molar-refractivity contribution in [1.29, 1.82) is 5.26 Å². The van der Waals surface area contributed by atoms with E-state index in [0.29, 0.717) is 25.0 Å². The van der Waals surface area contributed by atoms with Crippen LogP contribution >= 0.6 is 0 Å². The monoisotopic (exact) mass is 244 g/mol. The highest BCUT2D eigenvalue weighted by Crippen LogP contribution is 2.42. The summed E-state index contributed by atoms with van der Waals surface area (Å²) in [4.78, 5) is 16.5. The predicted molar refractivity (Wildman–Crippen MR) is 66.0 cm³/mol. The van der Waals surface area contributed by atoms with E-state index in [4.69, 9.17) is 10.00 Å². The Morgan fingerprint density at radius 3 is 3.11 bits per heavy atom. The fraction of sp³-hybridized carbons (Fsp3) is 0.500. The second kappa shape index (κ2) is 5.28. The van der Waals surface area contributed by atoms with E-state index in [2.05, 4.69) is 11.1 Å². The Hall–Kier alpha value is -1.73. The largest absolute Gasteiger partial charge is 0.385 e. The van der Waals surface area contributed by atoms with E-state index in [1.165, 1.54) is 0 Å². The van der Waals surface area contributed by atoms with Crippen molar-refractivity contribution in [3.63, 3.8) is 0 Å². The number of ether oxygens (including phenoxy) is 1. The van der Waals surface area contributed by atoms with Crippen LogP contribution in [0.15, 0.2) is 18.5 Å². The predicted octanol–water partition coefficient (Wildman–Crippen LogP) is 2.15. The maximum Gasteiger partial charge on any atom is 0.172 e. The lowest BCUT2D eigenvalue weighted by molar-refractivity contribution is 0.0788. The van der Waals surface area contributed by atoms with Crippen molar-refractivity contribution in [2.75, 3.05) is 13.7 Å². The van der Waals surface area contributed by atoms with Crippen molar-refractivity contribution in [2.24, 2.45) is 5.41 Å². The Labute approximate surface area is 107 Å². The molecular weight excluding hydrogens is 228 g/mol. The Morgan fingerprint density at radius 2 is 2.44 bits per heavy atom. The Kier molecular flexibility index (Phi) is 3.73. The van der Waals surface area contributed by atoms with Crippen LogP contribution in [0.4, 0.5) is 0 Å².